The van der Waals surface area contributed by atoms with Crippen LogP contribution in [0.15, 0.2) is 6.20 Å². The standard InChI is InChI=1S/C10H15ClN2O2/c1-4-8(15-5-2)10(14)9-7(11)6-12-13(9)3/h6,8H,4-5H2,1-3H3. The smallest absolute Gasteiger partial charge is 0.210 e. The van der Waals surface area contributed by atoms with E-state index < -0.39 is 6.10 Å². The number of Topliss-reactive ketones (excluding diaryl/α,β-unsaturated/α-hetero) is 1. The van der Waals surface area contributed by atoms with E-state index in [9.17, 15) is 4.79 Å². The van der Waals surface area contributed by atoms with Gasteiger partial charge in [-0.1, -0.05) is 18.5 Å². The number of aromatic nitrogens is 2. The summed E-state index contributed by atoms with van der Waals surface area (Å²) in [6.07, 6.45) is 1.67. The third-order valence-electron chi connectivity index (χ3n) is 2.16. The van der Waals surface area contributed by atoms with Gasteiger partial charge in [-0.05, 0) is 13.3 Å². The minimum absolute atomic E-state index is 0.107. The third-order valence-corrected chi connectivity index (χ3v) is 2.44. The molecule has 15 heavy (non-hydrogen) atoms. The minimum Gasteiger partial charge on any atom is -0.370 e. The van der Waals surface area contributed by atoms with Crippen LogP contribution in [0, 0.1) is 0 Å². The summed E-state index contributed by atoms with van der Waals surface area (Å²) in [7, 11) is 1.69. The molecule has 0 saturated carbocycles. The molecule has 0 radical (unpaired) electrons. The zero-order valence-corrected chi connectivity index (χ0v) is 9.91. The second-order valence-corrected chi connectivity index (χ2v) is 3.59. The summed E-state index contributed by atoms with van der Waals surface area (Å²) >= 11 is 5.88. The van der Waals surface area contributed by atoms with Crippen LogP contribution in [0.2, 0.25) is 5.02 Å². The molecule has 0 aromatic carbocycles. The van der Waals surface area contributed by atoms with Crippen molar-refractivity contribution in [1.29, 1.82) is 0 Å². The lowest BCUT2D eigenvalue weighted by Gasteiger charge is -2.13. The number of carbonyl (C=O) groups excluding carboxylic acids is 1. The van der Waals surface area contributed by atoms with Crippen LogP contribution in [0.25, 0.3) is 0 Å². The number of halogens is 1. The van der Waals surface area contributed by atoms with Crippen molar-refractivity contribution in [2.75, 3.05) is 6.61 Å². The van der Waals surface area contributed by atoms with Crippen molar-refractivity contribution in [1.82, 2.24) is 9.78 Å². The van der Waals surface area contributed by atoms with Gasteiger partial charge in [-0.25, -0.2) is 0 Å². The molecule has 1 rings (SSSR count). The van der Waals surface area contributed by atoms with E-state index in [2.05, 4.69) is 5.10 Å². The van der Waals surface area contributed by atoms with Gasteiger partial charge >= 0.3 is 0 Å². The van der Waals surface area contributed by atoms with Gasteiger partial charge in [-0.3, -0.25) is 9.48 Å². The predicted octanol–water partition coefficient (Wildman–Crippen LogP) is 2.07. The Bertz CT molecular complexity index is 330. The van der Waals surface area contributed by atoms with E-state index in [0.29, 0.717) is 23.7 Å². The molecule has 1 aromatic rings. The van der Waals surface area contributed by atoms with Gasteiger partial charge < -0.3 is 4.74 Å². The van der Waals surface area contributed by atoms with E-state index >= 15 is 0 Å². The number of hydrogen-bond donors (Lipinski definition) is 0. The summed E-state index contributed by atoms with van der Waals surface area (Å²) in [6, 6.07) is 0. The maximum Gasteiger partial charge on any atom is 0.210 e. The Balaban J connectivity index is 2.92. The van der Waals surface area contributed by atoms with Gasteiger partial charge in [0.25, 0.3) is 0 Å². The van der Waals surface area contributed by atoms with Crippen LogP contribution >= 0.6 is 11.6 Å². The molecule has 0 bridgehead atoms. The molecule has 0 aliphatic carbocycles. The van der Waals surface area contributed by atoms with Crippen LogP contribution in [-0.4, -0.2) is 28.3 Å². The molecule has 84 valence electrons. The van der Waals surface area contributed by atoms with Crippen LogP contribution in [0.3, 0.4) is 0 Å². The minimum atomic E-state index is -0.428. The SMILES string of the molecule is CCOC(CC)C(=O)c1c(Cl)cnn1C. The lowest BCUT2D eigenvalue weighted by Crippen LogP contribution is -2.26. The van der Waals surface area contributed by atoms with Crippen LogP contribution in [0.5, 0.6) is 0 Å². The lowest BCUT2D eigenvalue weighted by atomic mass is 10.1. The number of ketones is 1. The molecule has 0 aliphatic rings. The fourth-order valence-corrected chi connectivity index (χ4v) is 1.68. The van der Waals surface area contributed by atoms with Crippen LogP contribution in [0.4, 0.5) is 0 Å². The molecule has 1 unspecified atom stereocenters. The van der Waals surface area contributed by atoms with E-state index in [-0.39, 0.29) is 5.78 Å². The highest BCUT2D eigenvalue weighted by molar-refractivity contribution is 6.33. The molecule has 0 fully saturated rings. The topological polar surface area (TPSA) is 44.1 Å². The van der Waals surface area contributed by atoms with Crippen LogP contribution < -0.4 is 0 Å². The summed E-state index contributed by atoms with van der Waals surface area (Å²) in [5.74, 6) is -0.107. The van der Waals surface area contributed by atoms with E-state index in [1.165, 1.54) is 10.9 Å². The van der Waals surface area contributed by atoms with Crippen molar-refractivity contribution in [3.8, 4) is 0 Å². The highest BCUT2D eigenvalue weighted by Crippen LogP contribution is 2.18. The summed E-state index contributed by atoms with van der Waals surface area (Å²) in [6.45, 7) is 4.28. The first-order chi connectivity index (χ1) is 7.11. The molecular formula is C10H15ClN2O2. The zero-order valence-electron chi connectivity index (χ0n) is 9.16. The molecule has 5 heteroatoms. The van der Waals surface area contributed by atoms with Crippen LogP contribution in [0.1, 0.15) is 30.8 Å². The van der Waals surface area contributed by atoms with E-state index in [1.54, 1.807) is 7.05 Å². The van der Waals surface area contributed by atoms with Gasteiger partial charge in [0, 0.05) is 13.7 Å². The van der Waals surface area contributed by atoms with Crippen molar-refractivity contribution >= 4 is 17.4 Å². The molecule has 1 aromatic heterocycles. The first-order valence-corrected chi connectivity index (χ1v) is 5.32. The second kappa shape index (κ2) is 5.28. The van der Waals surface area contributed by atoms with Gasteiger partial charge in [0.1, 0.15) is 11.8 Å². The number of ether oxygens (including phenoxy) is 1. The van der Waals surface area contributed by atoms with Gasteiger partial charge in [0.2, 0.25) is 5.78 Å². The first-order valence-electron chi connectivity index (χ1n) is 4.95. The van der Waals surface area contributed by atoms with E-state index in [1.807, 2.05) is 13.8 Å². The zero-order chi connectivity index (χ0) is 11.4. The largest absolute Gasteiger partial charge is 0.370 e. The second-order valence-electron chi connectivity index (χ2n) is 3.18. The Hall–Kier alpha value is -0.870. The number of nitrogens with zero attached hydrogens (tertiary/aromatic N) is 2. The lowest BCUT2D eigenvalue weighted by molar-refractivity contribution is 0.0435. The van der Waals surface area contributed by atoms with Crippen molar-refractivity contribution in [3.05, 3.63) is 16.9 Å². The van der Waals surface area contributed by atoms with Gasteiger partial charge in [-0.15, -0.1) is 0 Å². The molecule has 0 N–H and O–H groups in total. The number of carbonyl (C=O) groups is 1. The van der Waals surface area contributed by atoms with Crippen molar-refractivity contribution < 1.29 is 9.53 Å². The van der Waals surface area contributed by atoms with Gasteiger partial charge in [0.15, 0.2) is 0 Å². The maximum absolute atomic E-state index is 12.0. The fourth-order valence-electron chi connectivity index (χ4n) is 1.42. The Morgan fingerprint density at radius 2 is 2.33 bits per heavy atom. The molecule has 1 heterocycles. The number of rotatable bonds is 5. The van der Waals surface area contributed by atoms with Gasteiger partial charge in [-0.2, -0.15) is 5.10 Å². The summed E-state index contributed by atoms with van der Waals surface area (Å²) in [5.41, 5.74) is 0.414. The number of hydrogen-bond acceptors (Lipinski definition) is 3. The monoisotopic (exact) mass is 230 g/mol. The Morgan fingerprint density at radius 3 is 2.73 bits per heavy atom. The highest BCUT2D eigenvalue weighted by Gasteiger charge is 2.23. The average Bonchev–Trinajstić information content (AvgIpc) is 2.54. The van der Waals surface area contributed by atoms with E-state index in [4.69, 9.17) is 16.3 Å². The molecule has 0 amide bonds. The number of aryl methyl sites for hydroxylation is 1. The predicted molar refractivity (Wildman–Crippen MR) is 58.3 cm³/mol. The Kier molecular flexibility index (Phi) is 4.29. The fraction of sp³-hybridized carbons (Fsp3) is 0.600. The molecule has 0 spiro atoms. The maximum atomic E-state index is 12.0. The highest BCUT2D eigenvalue weighted by atomic mass is 35.5. The summed E-state index contributed by atoms with van der Waals surface area (Å²) in [5, 5.41) is 4.30. The molecule has 0 aliphatic heterocycles. The van der Waals surface area contributed by atoms with Gasteiger partial charge in [0.05, 0.1) is 11.2 Å². The molecule has 1 atom stereocenters. The first kappa shape index (κ1) is 12.2. The molecule has 4 nitrogen and oxygen atoms in total. The van der Waals surface area contributed by atoms with Crippen molar-refractivity contribution in [2.45, 2.75) is 26.4 Å². The van der Waals surface area contributed by atoms with Crippen molar-refractivity contribution in [3.63, 3.8) is 0 Å². The third kappa shape index (κ3) is 2.58. The van der Waals surface area contributed by atoms with Crippen LogP contribution in [-0.2, 0) is 11.8 Å². The quantitative estimate of drug-likeness (QED) is 0.728. The summed E-state index contributed by atoms with van der Waals surface area (Å²) in [4.78, 5) is 12.0. The normalized spacial score (nSPS) is 12.8. The van der Waals surface area contributed by atoms with Crippen molar-refractivity contribution in [2.24, 2.45) is 7.05 Å². The Morgan fingerprint density at radius 1 is 1.67 bits per heavy atom. The molecule has 0 saturated heterocycles. The van der Waals surface area contributed by atoms with E-state index in [0.717, 1.165) is 0 Å². The Labute approximate surface area is 94.2 Å². The summed E-state index contributed by atoms with van der Waals surface area (Å²) < 4.78 is 6.82. The molecular weight excluding hydrogens is 216 g/mol. The average molecular weight is 231 g/mol.